The molecule has 4 rings (SSSR count). The standard InChI is InChI=1S/C24H21N3O2S2/c1-2-22(28)25-18-6-5-7-19(14-18)26-23(29)17-12-10-16(11-13-17)15-30-24-27-20-8-3-4-9-21(20)31-24/h3-14H,2,15H2,1H3,(H,25,28)(H,26,29). The van der Waals surface area contributed by atoms with Crippen LogP contribution in [-0.2, 0) is 10.5 Å². The van der Waals surface area contributed by atoms with Crippen molar-refractivity contribution < 1.29 is 9.59 Å². The van der Waals surface area contributed by atoms with E-state index in [4.69, 9.17) is 0 Å². The number of benzene rings is 3. The molecule has 0 bridgehead atoms. The van der Waals surface area contributed by atoms with E-state index in [1.165, 1.54) is 4.70 Å². The smallest absolute Gasteiger partial charge is 0.255 e. The highest BCUT2D eigenvalue weighted by atomic mass is 32.2. The molecule has 0 spiro atoms. The Kier molecular flexibility index (Phi) is 6.64. The zero-order chi connectivity index (χ0) is 21.6. The third-order valence-corrected chi connectivity index (χ3v) is 6.83. The minimum Gasteiger partial charge on any atom is -0.326 e. The Hall–Kier alpha value is -3.16. The minimum absolute atomic E-state index is 0.0669. The Balaban J connectivity index is 1.35. The molecule has 0 saturated heterocycles. The second kappa shape index (κ2) is 9.76. The highest BCUT2D eigenvalue weighted by Crippen LogP contribution is 2.31. The number of thioether (sulfide) groups is 1. The van der Waals surface area contributed by atoms with Crippen LogP contribution in [0.3, 0.4) is 0 Å². The molecule has 4 aromatic rings. The largest absolute Gasteiger partial charge is 0.326 e. The van der Waals surface area contributed by atoms with Crippen LogP contribution in [0.2, 0.25) is 0 Å². The first-order valence-electron chi connectivity index (χ1n) is 9.89. The van der Waals surface area contributed by atoms with Crippen LogP contribution in [0.5, 0.6) is 0 Å². The Labute approximate surface area is 188 Å². The van der Waals surface area contributed by atoms with Gasteiger partial charge in [0.1, 0.15) is 0 Å². The fraction of sp³-hybridized carbons (Fsp3) is 0.125. The summed E-state index contributed by atoms with van der Waals surface area (Å²) >= 11 is 3.39. The maximum absolute atomic E-state index is 12.6. The van der Waals surface area contributed by atoms with Crippen LogP contribution in [0, 0.1) is 0 Å². The van der Waals surface area contributed by atoms with Crippen LogP contribution < -0.4 is 10.6 Å². The lowest BCUT2D eigenvalue weighted by Gasteiger charge is -2.09. The van der Waals surface area contributed by atoms with Crippen molar-refractivity contribution >= 4 is 56.5 Å². The Bertz CT molecular complexity index is 1190. The first-order valence-corrected chi connectivity index (χ1v) is 11.7. The van der Waals surface area contributed by atoms with Gasteiger partial charge in [0.25, 0.3) is 5.91 Å². The Morgan fingerprint density at radius 2 is 1.68 bits per heavy atom. The van der Waals surface area contributed by atoms with E-state index >= 15 is 0 Å². The molecule has 31 heavy (non-hydrogen) atoms. The van der Waals surface area contributed by atoms with Crippen molar-refractivity contribution in [3.05, 3.63) is 83.9 Å². The number of hydrogen-bond acceptors (Lipinski definition) is 5. The van der Waals surface area contributed by atoms with Crippen LogP contribution in [0.15, 0.2) is 77.1 Å². The van der Waals surface area contributed by atoms with Crippen molar-refractivity contribution in [2.24, 2.45) is 0 Å². The molecule has 1 aromatic heterocycles. The van der Waals surface area contributed by atoms with E-state index in [1.807, 2.05) is 42.5 Å². The molecule has 0 fully saturated rings. The van der Waals surface area contributed by atoms with Gasteiger partial charge < -0.3 is 10.6 Å². The van der Waals surface area contributed by atoms with Gasteiger partial charge >= 0.3 is 0 Å². The zero-order valence-electron chi connectivity index (χ0n) is 16.9. The van der Waals surface area contributed by atoms with E-state index in [0.717, 1.165) is 21.2 Å². The van der Waals surface area contributed by atoms with Crippen molar-refractivity contribution in [3.63, 3.8) is 0 Å². The fourth-order valence-corrected chi connectivity index (χ4v) is 4.96. The summed E-state index contributed by atoms with van der Waals surface area (Å²) in [6, 6.07) is 22.8. The van der Waals surface area contributed by atoms with Gasteiger partial charge in [0.05, 0.1) is 10.2 Å². The lowest BCUT2D eigenvalue weighted by atomic mass is 10.1. The first kappa shape index (κ1) is 21.1. The molecule has 156 valence electrons. The van der Waals surface area contributed by atoms with Crippen LogP contribution in [0.4, 0.5) is 11.4 Å². The number of nitrogens with one attached hydrogen (secondary N) is 2. The molecule has 1 heterocycles. The van der Waals surface area contributed by atoms with Crippen molar-refractivity contribution in [2.75, 3.05) is 10.6 Å². The highest BCUT2D eigenvalue weighted by molar-refractivity contribution is 8.00. The normalized spacial score (nSPS) is 10.7. The SMILES string of the molecule is CCC(=O)Nc1cccc(NC(=O)c2ccc(CSc3nc4ccccc4s3)cc2)c1. The van der Waals surface area contributed by atoms with Gasteiger partial charge in [-0.15, -0.1) is 11.3 Å². The van der Waals surface area contributed by atoms with Gasteiger partial charge in [-0.3, -0.25) is 9.59 Å². The predicted molar refractivity (Wildman–Crippen MR) is 129 cm³/mol. The summed E-state index contributed by atoms with van der Waals surface area (Å²) in [6.07, 6.45) is 0.403. The van der Waals surface area contributed by atoms with Gasteiger partial charge in [0.2, 0.25) is 5.91 Å². The number of carbonyl (C=O) groups is 2. The van der Waals surface area contributed by atoms with E-state index in [0.29, 0.717) is 23.4 Å². The molecular weight excluding hydrogens is 426 g/mol. The molecule has 0 aliphatic heterocycles. The van der Waals surface area contributed by atoms with E-state index in [9.17, 15) is 9.59 Å². The average Bonchev–Trinajstić information content (AvgIpc) is 3.21. The van der Waals surface area contributed by atoms with Crippen LogP contribution >= 0.6 is 23.1 Å². The number of hydrogen-bond donors (Lipinski definition) is 2. The van der Waals surface area contributed by atoms with E-state index in [2.05, 4.69) is 21.7 Å². The molecule has 3 aromatic carbocycles. The summed E-state index contributed by atoms with van der Waals surface area (Å²) in [5.74, 6) is 0.535. The molecule has 7 heteroatoms. The van der Waals surface area contributed by atoms with Gasteiger partial charge in [-0.2, -0.15) is 0 Å². The summed E-state index contributed by atoms with van der Waals surface area (Å²) < 4.78 is 2.23. The second-order valence-corrected chi connectivity index (χ2v) is 9.12. The highest BCUT2D eigenvalue weighted by Gasteiger charge is 2.09. The van der Waals surface area contributed by atoms with Crippen LogP contribution in [0.1, 0.15) is 29.3 Å². The lowest BCUT2D eigenvalue weighted by Crippen LogP contribution is -2.13. The van der Waals surface area contributed by atoms with Crippen molar-refractivity contribution in [1.82, 2.24) is 4.98 Å². The second-order valence-electron chi connectivity index (χ2n) is 6.87. The summed E-state index contributed by atoms with van der Waals surface area (Å²) in [6.45, 7) is 1.79. The monoisotopic (exact) mass is 447 g/mol. The summed E-state index contributed by atoms with van der Waals surface area (Å²) in [7, 11) is 0. The minimum atomic E-state index is -0.190. The molecule has 2 amide bonds. The maximum Gasteiger partial charge on any atom is 0.255 e. The number of anilines is 2. The van der Waals surface area contributed by atoms with Crippen LogP contribution in [0.25, 0.3) is 10.2 Å². The number of amides is 2. The Morgan fingerprint density at radius 3 is 2.42 bits per heavy atom. The molecule has 2 N–H and O–H groups in total. The third-order valence-electron chi connectivity index (χ3n) is 4.58. The van der Waals surface area contributed by atoms with Crippen molar-refractivity contribution in [2.45, 2.75) is 23.4 Å². The number of thiazole rings is 1. The predicted octanol–water partition coefficient (Wildman–Crippen LogP) is 6.19. The molecule has 0 aliphatic carbocycles. The van der Waals surface area contributed by atoms with E-state index in [-0.39, 0.29) is 11.8 Å². The molecule has 5 nitrogen and oxygen atoms in total. The summed E-state index contributed by atoms with van der Waals surface area (Å²) in [5.41, 5.74) is 4.03. The lowest BCUT2D eigenvalue weighted by molar-refractivity contribution is -0.115. The quantitative estimate of drug-likeness (QED) is 0.331. The molecule has 0 atom stereocenters. The molecule has 0 unspecified atom stereocenters. The van der Waals surface area contributed by atoms with Gasteiger partial charge in [-0.1, -0.05) is 49.0 Å². The number of aromatic nitrogens is 1. The van der Waals surface area contributed by atoms with Crippen molar-refractivity contribution in [3.8, 4) is 0 Å². The third kappa shape index (κ3) is 5.51. The molecule has 0 radical (unpaired) electrons. The summed E-state index contributed by atoms with van der Waals surface area (Å²) in [5, 5.41) is 5.67. The van der Waals surface area contributed by atoms with Gasteiger partial charge in [0.15, 0.2) is 4.34 Å². The fourth-order valence-electron chi connectivity index (χ4n) is 2.94. The topological polar surface area (TPSA) is 71.1 Å². The van der Waals surface area contributed by atoms with Crippen molar-refractivity contribution in [1.29, 1.82) is 0 Å². The van der Waals surface area contributed by atoms with Gasteiger partial charge in [-0.25, -0.2) is 4.98 Å². The number of para-hydroxylation sites is 1. The van der Waals surface area contributed by atoms with E-state index < -0.39 is 0 Å². The maximum atomic E-state index is 12.6. The zero-order valence-corrected chi connectivity index (χ0v) is 18.6. The first-order chi connectivity index (χ1) is 15.1. The van der Waals surface area contributed by atoms with E-state index in [1.54, 1.807) is 54.3 Å². The molecular formula is C24H21N3O2S2. The number of nitrogens with zero attached hydrogens (tertiary/aromatic N) is 1. The molecule has 0 saturated carbocycles. The number of fused-ring (bicyclic) bond motifs is 1. The Morgan fingerprint density at radius 1 is 0.935 bits per heavy atom. The average molecular weight is 448 g/mol. The van der Waals surface area contributed by atoms with Crippen LogP contribution in [-0.4, -0.2) is 16.8 Å². The number of carbonyl (C=O) groups excluding carboxylic acids is 2. The summed E-state index contributed by atoms with van der Waals surface area (Å²) in [4.78, 5) is 28.8. The number of rotatable bonds is 7. The molecule has 0 aliphatic rings. The van der Waals surface area contributed by atoms with Gasteiger partial charge in [-0.05, 0) is 48.0 Å². The van der Waals surface area contributed by atoms with Gasteiger partial charge in [0, 0.05) is 29.1 Å².